The zero-order valence-electron chi connectivity index (χ0n) is 12.8. The third-order valence-electron chi connectivity index (χ3n) is 4.01. The summed E-state index contributed by atoms with van der Waals surface area (Å²) in [6.07, 6.45) is 3.94. The molecule has 0 aromatic heterocycles. The first-order valence-corrected chi connectivity index (χ1v) is 7.59. The van der Waals surface area contributed by atoms with Crippen LogP contribution in [0.15, 0.2) is 0 Å². The smallest absolute Gasteiger partial charge is 0.409 e. The minimum absolute atomic E-state index is 0.130. The second-order valence-corrected chi connectivity index (χ2v) is 5.93. The molecule has 0 bridgehead atoms. The van der Waals surface area contributed by atoms with Crippen LogP contribution in [0.25, 0.3) is 0 Å². The van der Waals surface area contributed by atoms with E-state index in [9.17, 15) is 9.59 Å². The highest BCUT2D eigenvalue weighted by molar-refractivity contribution is 5.68. The molecule has 0 unspecified atom stereocenters. The molecule has 0 spiro atoms. The Morgan fingerprint density at radius 2 is 1.75 bits per heavy atom. The number of carbonyl (C=O) groups is 2. The Bertz CT molecular complexity index is 322. The highest BCUT2D eigenvalue weighted by atomic mass is 16.6. The Hall–Kier alpha value is -1.26. The van der Waals surface area contributed by atoms with Gasteiger partial charge in [0.25, 0.3) is 0 Å². The Morgan fingerprint density at radius 1 is 1.20 bits per heavy atom. The molecule has 0 radical (unpaired) electrons. The van der Waals surface area contributed by atoms with E-state index in [4.69, 9.17) is 9.84 Å². The molecule has 1 amide bonds. The number of ether oxygens (including phenoxy) is 1. The third kappa shape index (κ3) is 5.39. The SMILES string of the molecule is CCOC(=O)N(CC1CCC(CC(=O)O)CC1)C(C)C. The molecule has 0 saturated heterocycles. The van der Waals surface area contributed by atoms with Crippen LogP contribution in [0.5, 0.6) is 0 Å². The average Bonchev–Trinajstić information content (AvgIpc) is 2.37. The van der Waals surface area contributed by atoms with Crippen molar-refractivity contribution in [1.29, 1.82) is 0 Å². The fraction of sp³-hybridized carbons (Fsp3) is 0.867. The molecule has 0 atom stereocenters. The average molecular weight is 285 g/mol. The number of hydrogen-bond acceptors (Lipinski definition) is 3. The monoisotopic (exact) mass is 285 g/mol. The first-order valence-electron chi connectivity index (χ1n) is 7.59. The quantitative estimate of drug-likeness (QED) is 0.814. The zero-order valence-corrected chi connectivity index (χ0v) is 12.8. The summed E-state index contributed by atoms with van der Waals surface area (Å²) >= 11 is 0. The fourth-order valence-electron chi connectivity index (χ4n) is 2.85. The van der Waals surface area contributed by atoms with Crippen LogP contribution in [-0.2, 0) is 9.53 Å². The molecule has 5 heteroatoms. The lowest BCUT2D eigenvalue weighted by molar-refractivity contribution is -0.138. The number of carbonyl (C=O) groups excluding carboxylic acids is 1. The molecule has 1 saturated carbocycles. The predicted molar refractivity (Wildman–Crippen MR) is 76.6 cm³/mol. The number of carboxylic acid groups (broad SMARTS) is 1. The molecule has 0 aromatic rings. The molecule has 0 aromatic carbocycles. The van der Waals surface area contributed by atoms with Gasteiger partial charge in [-0.15, -0.1) is 0 Å². The van der Waals surface area contributed by atoms with Gasteiger partial charge in [-0.1, -0.05) is 0 Å². The van der Waals surface area contributed by atoms with Crippen molar-refractivity contribution in [3.8, 4) is 0 Å². The van der Waals surface area contributed by atoms with Crippen molar-refractivity contribution in [1.82, 2.24) is 4.90 Å². The number of nitrogens with zero attached hydrogens (tertiary/aromatic N) is 1. The van der Waals surface area contributed by atoms with Crippen LogP contribution in [0.1, 0.15) is 52.9 Å². The lowest BCUT2D eigenvalue weighted by Gasteiger charge is -2.33. The van der Waals surface area contributed by atoms with E-state index in [2.05, 4.69) is 0 Å². The molecular weight excluding hydrogens is 258 g/mol. The maximum atomic E-state index is 11.9. The molecule has 1 aliphatic rings. The van der Waals surface area contributed by atoms with Crippen LogP contribution in [0.2, 0.25) is 0 Å². The van der Waals surface area contributed by atoms with Crippen LogP contribution in [0.3, 0.4) is 0 Å². The summed E-state index contributed by atoms with van der Waals surface area (Å²) in [5, 5.41) is 8.81. The van der Waals surface area contributed by atoms with Crippen LogP contribution in [0.4, 0.5) is 4.79 Å². The maximum Gasteiger partial charge on any atom is 0.409 e. The van der Waals surface area contributed by atoms with E-state index >= 15 is 0 Å². The highest BCUT2D eigenvalue weighted by Gasteiger charge is 2.27. The summed E-state index contributed by atoms with van der Waals surface area (Å²) < 4.78 is 5.09. The van der Waals surface area contributed by atoms with Crippen LogP contribution in [0, 0.1) is 11.8 Å². The topological polar surface area (TPSA) is 66.8 Å². The van der Waals surface area contributed by atoms with E-state index < -0.39 is 5.97 Å². The number of aliphatic carboxylic acids is 1. The summed E-state index contributed by atoms with van der Waals surface area (Å²) in [6, 6.07) is 0.130. The van der Waals surface area contributed by atoms with Crippen LogP contribution in [-0.4, -0.2) is 41.3 Å². The van der Waals surface area contributed by atoms with Gasteiger partial charge in [0, 0.05) is 19.0 Å². The minimum Gasteiger partial charge on any atom is -0.481 e. The van der Waals surface area contributed by atoms with E-state index in [1.807, 2.05) is 20.8 Å². The zero-order chi connectivity index (χ0) is 15.1. The number of amides is 1. The van der Waals surface area contributed by atoms with Gasteiger partial charge in [-0.25, -0.2) is 4.79 Å². The van der Waals surface area contributed by atoms with Crippen molar-refractivity contribution in [2.75, 3.05) is 13.2 Å². The number of rotatable bonds is 6. The van der Waals surface area contributed by atoms with Gasteiger partial charge in [0.2, 0.25) is 0 Å². The number of hydrogen-bond donors (Lipinski definition) is 1. The Labute approximate surface area is 121 Å². The molecular formula is C15H27NO4. The van der Waals surface area contributed by atoms with Gasteiger partial charge >= 0.3 is 12.1 Å². The highest BCUT2D eigenvalue weighted by Crippen LogP contribution is 2.31. The van der Waals surface area contributed by atoms with E-state index in [0.29, 0.717) is 18.4 Å². The van der Waals surface area contributed by atoms with Crippen molar-refractivity contribution in [3.63, 3.8) is 0 Å². The van der Waals surface area contributed by atoms with Crippen molar-refractivity contribution < 1.29 is 19.4 Å². The summed E-state index contributed by atoms with van der Waals surface area (Å²) in [6.45, 7) is 6.91. The molecule has 5 nitrogen and oxygen atoms in total. The predicted octanol–water partition coefficient (Wildman–Crippen LogP) is 3.13. The summed E-state index contributed by atoms with van der Waals surface area (Å²) in [7, 11) is 0. The molecule has 1 rings (SSSR count). The molecule has 0 heterocycles. The van der Waals surface area contributed by atoms with Crippen LogP contribution < -0.4 is 0 Å². The van der Waals surface area contributed by atoms with Gasteiger partial charge in [0.05, 0.1) is 6.61 Å². The van der Waals surface area contributed by atoms with Crippen molar-refractivity contribution >= 4 is 12.1 Å². The van der Waals surface area contributed by atoms with Gasteiger partial charge in [-0.2, -0.15) is 0 Å². The Balaban J connectivity index is 2.43. The van der Waals surface area contributed by atoms with E-state index in [-0.39, 0.29) is 18.6 Å². The van der Waals surface area contributed by atoms with Gasteiger partial charge in [0.15, 0.2) is 0 Å². The van der Waals surface area contributed by atoms with Gasteiger partial charge in [-0.05, 0) is 58.3 Å². The lowest BCUT2D eigenvalue weighted by Crippen LogP contribution is -2.41. The first-order chi connectivity index (χ1) is 9.43. The molecule has 1 N–H and O–H groups in total. The summed E-state index contributed by atoms with van der Waals surface area (Å²) in [5.74, 6) is 0.0643. The molecule has 1 aliphatic carbocycles. The second-order valence-electron chi connectivity index (χ2n) is 5.93. The largest absolute Gasteiger partial charge is 0.481 e. The Kier molecular flexibility index (Phi) is 6.82. The maximum absolute atomic E-state index is 11.9. The van der Waals surface area contributed by atoms with E-state index in [1.165, 1.54) is 0 Å². The van der Waals surface area contributed by atoms with Crippen molar-refractivity contribution in [2.45, 2.75) is 58.9 Å². The molecule has 20 heavy (non-hydrogen) atoms. The fourth-order valence-corrected chi connectivity index (χ4v) is 2.85. The minimum atomic E-state index is -0.705. The lowest BCUT2D eigenvalue weighted by atomic mass is 9.80. The number of carboxylic acids is 1. The Morgan fingerprint density at radius 3 is 2.20 bits per heavy atom. The molecule has 116 valence electrons. The third-order valence-corrected chi connectivity index (χ3v) is 4.01. The van der Waals surface area contributed by atoms with Gasteiger partial charge in [0.1, 0.15) is 0 Å². The van der Waals surface area contributed by atoms with Crippen molar-refractivity contribution in [3.05, 3.63) is 0 Å². The molecule has 1 fully saturated rings. The molecule has 0 aliphatic heterocycles. The standard InChI is InChI=1S/C15H27NO4/c1-4-20-15(19)16(11(2)3)10-13-7-5-12(6-8-13)9-14(17)18/h11-13H,4-10H2,1-3H3,(H,17,18). The van der Waals surface area contributed by atoms with Gasteiger partial charge < -0.3 is 14.7 Å². The van der Waals surface area contributed by atoms with E-state index in [1.54, 1.807) is 4.90 Å². The van der Waals surface area contributed by atoms with Gasteiger partial charge in [-0.3, -0.25) is 4.79 Å². The van der Waals surface area contributed by atoms with Crippen LogP contribution >= 0.6 is 0 Å². The van der Waals surface area contributed by atoms with E-state index in [0.717, 1.165) is 32.2 Å². The van der Waals surface area contributed by atoms with Crippen molar-refractivity contribution in [2.24, 2.45) is 11.8 Å². The summed E-state index contributed by atoms with van der Waals surface area (Å²) in [4.78, 5) is 24.4. The first kappa shape index (κ1) is 16.8. The summed E-state index contributed by atoms with van der Waals surface area (Å²) in [5.41, 5.74) is 0. The normalized spacial score (nSPS) is 22.6. The second kappa shape index (κ2) is 8.12.